The topological polar surface area (TPSA) is 58.2 Å². The van der Waals surface area contributed by atoms with Crippen LogP contribution < -0.4 is 10.6 Å². The molecule has 5 heteroatoms. The first-order chi connectivity index (χ1) is 10.0. The van der Waals surface area contributed by atoms with Crippen LogP contribution in [0.1, 0.15) is 26.3 Å². The van der Waals surface area contributed by atoms with Gasteiger partial charge in [0.05, 0.1) is 11.3 Å². The molecular weight excluding hydrogens is 332 g/mol. The smallest absolute Gasteiger partial charge is 0.255 e. The highest BCUT2D eigenvalue weighted by Crippen LogP contribution is 2.19. The van der Waals surface area contributed by atoms with Crippen LogP contribution >= 0.6 is 15.9 Å². The summed E-state index contributed by atoms with van der Waals surface area (Å²) in [6, 6.07) is 12.4. The third-order valence-corrected chi connectivity index (χ3v) is 3.41. The van der Waals surface area contributed by atoms with Crippen LogP contribution in [0, 0.1) is 6.92 Å². The van der Waals surface area contributed by atoms with E-state index in [0.717, 1.165) is 10.0 Å². The fourth-order valence-electron chi connectivity index (χ4n) is 1.99. The van der Waals surface area contributed by atoms with E-state index >= 15 is 0 Å². The maximum absolute atomic E-state index is 12.3. The van der Waals surface area contributed by atoms with Crippen LogP contribution in [0.25, 0.3) is 0 Å². The zero-order valence-electron chi connectivity index (χ0n) is 11.7. The minimum absolute atomic E-state index is 0.240. The van der Waals surface area contributed by atoms with Crippen molar-refractivity contribution in [3.63, 3.8) is 0 Å². The number of benzene rings is 2. The summed E-state index contributed by atoms with van der Waals surface area (Å²) in [6.45, 7) is 1.92. The highest BCUT2D eigenvalue weighted by Gasteiger charge is 2.13. The third kappa shape index (κ3) is 3.70. The maximum Gasteiger partial charge on any atom is 0.255 e. The Balaban J connectivity index is 2.30. The molecule has 0 saturated heterocycles. The van der Waals surface area contributed by atoms with E-state index in [2.05, 4.69) is 26.6 Å². The van der Waals surface area contributed by atoms with Gasteiger partial charge >= 0.3 is 0 Å². The molecule has 0 heterocycles. The summed E-state index contributed by atoms with van der Waals surface area (Å²) in [5.41, 5.74) is 2.43. The minimum atomic E-state index is -0.254. The third-order valence-electron chi connectivity index (χ3n) is 2.95. The van der Waals surface area contributed by atoms with Crippen molar-refractivity contribution in [2.75, 3.05) is 12.4 Å². The molecule has 2 N–H and O–H groups in total. The van der Waals surface area contributed by atoms with E-state index in [1.165, 1.54) is 0 Å². The van der Waals surface area contributed by atoms with Gasteiger partial charge in [-0.2, -0.15) is 0 Å². The van der Waals surface area contributed by atoms with Gasteiger partial charge in [0.15, 0.2) is 0 Å². The van der Waals surface area contributed by atoms with Gasteiger partial charge in [-0.1, -0.05) is 28.1 Å². The second-order valence-electron chi connectivity index (χ2n) is 4.60. The van der Waals surface area contributed by atoms with Crippen LogP contribution in [0.3, 0.4) is 0 Å². The summed E-state index contributed by atoms with van der Waals surface area (Å²) in [7, 11) is 1.55. The number of carbonyl (C=O) groups is 2. The Labute approximate surface area is 131 Å². The number of anilines is 1. The number of halogens is 1. The first-order valence-corrected chi connectivity index (χ1v) is 7.20. The minimum Gasteiger partial charge on any atom is -0.355 e. The van der Waals surface area contributed by atoms with Crippen LogP contribution in [0.5, 0.6) is 0 Å². The fraction of sp³-hybridized carbons (Fsp3) is 0.125. The lowest BCUT2D eigenvalue weighted by molar-refractivity contribution is 0.0964. The van der Waals surface area contributed by atoms with E-state index in [4.69, 9.17) is 0 Å². The maximum atomic E-state index is 12.3. The lowest BCUT2D eigenvalue weighted by Gasteiger charge is -2.10. The van der Waals surface area contributed by atoms with Crippen LogP contribution in [0.4, 0.5) is 5.69 Å². The predicted octanol–water partition coefficient (Wildman–Crippen LogP) is 3.37. The van der Waals surface area contributed by atoms with E-state index in [1.807, 2.05) is 13.0 Å². The van der Waals surface area contributed by atoms with E-state index in [-0.39, 0.29) is 11.8 Å². The van der Waals surface area contributed by atoms with Crippen LogP contribution in [-0.4, -0.2) is 18.9 Å². The highest BCUT2D eigenvalue weighted by molar-refractivity contribution is 9.10. The standard InChI is InChI=1S/C16H15BrN2O2/c1-10-7-11(9-12(17)8-10)15(20)19-14-6-4-3-5-13(14)16(21)18-2/h3-9H,1-2H3,(H,18,21)(H,19,20). The Morgan fingerprint density at radius 2 is 1.76 bits per heavy atom. The van der Waals surface area contributed by atoms with Gasteiger partial charge in [-0.3, -0.25) is 9.59 Å². The first-order valence-electron chi connectivity index (χ1n) is 6.41. The molecule has 0 saturated carbocycles. The normalized spacial score (nSPS) is 10.0. The van der Waals surface area contributed by atoms with Crippen molar-refractivity contribution in [2.24, 2.45) is 0 Å². The zero-order chi connectivity index (χ0) is 15.4. The van der Waals surface area contributed by atoms with Gasteiger partial charge in [0.1, 0.15) is 0 Å². The molecule has 0 aliphatic heterocycles. The molecule has 0 aromatic heterocycles. The monoisotopic (exact) mass is 346 g/mol. The molecule has 2 aromatic rings. The molecule has 4 nitrogen and oxygen atoms in total. The van der Waals surface area contributed by atoms with E-state index in [1.54, 1.807) is 43.4 Å². The number of aryl methyl sites for hydroxylation is 1. The number of para-hydroxylation sites is 1. The van der Waals surface area contributed by atoms with Crippen molar-refractivity contribution in [2.45, 2.75) is 6.92 Å². The van der Waals surface area contributed by atoms with Crippen molar-refractivity contribution in [3.8, 4) is 0 Å². The van der Waals surface area contributed by atoms with Gasteiger partial charge < -0.3 is 10.6 Å². The summed E-state index contributed by atoms with van der Waals surface area (Å²) in [6.07, 6.45) is 0. The van der Waals surface area contributed by atoms with E-state index in [9.17, 15) is 9.59 Å². The van der Waals surface area contributed by atoms with Crippen molar-refractivity contribution in [1.29, 1.82) is 0 Å². The molecule has 21 heavy (non-hydrogen) atoms. The summed E-state index contributed by atoms with van der Waals surface area (Å²) in [5.74, 6) is -0.493. The van der Waals surface area contributed by atoms with Gasteiger partial charge in [0.2, 0.25) is 0 Å². The molecule has 0 aliphatic rings. The van der Waals surface area contributed by atoms with Crippen LogP contribution in [0.15, 0.2) is 46.9 Å². The zero-order valence-corrected chi connectivity index (χ0v) is 13.3. The van der Waals surface area contributed by atoms with Gasteiger partial charge in [-0.25, -0.2) is 0 Å². The molecule has 0 atom stereocenters. The average Bonchev–Trinajstić information content (AvgIpc) is 2.46. The molecule has 0 radical (unpaired) electrons. The largest absolute Gasteiger partial charge is 0.355 e. The van der Waals surface area contributed by atoms with Crippen LogP contribution in [0.2, 0.25) is 0 Å². The number of amides is 2. The predicted molar refractivity (Wildman–Crippen MR) is 86.7 cm³/mol. The van der Waals surface area contributed by atoms with Crippen LogP contribution in [-0.2, 0) is 0 Å². The molecule has 0 bridgehead atoms. The highest BCUT2D eigenvalue weighted by atomic mass is 79.9. The number of carbonyl (C=O) groups excluding carboxylic acids is 2. The molecule has 0 unspecified atom stereocenters. The Morgan fingerprint density at radius 3 is 2.43 bits per heavy atom. The molecule has 2 aromatic carbocycles. The SMILES string of the molecule is CNC(=O)c1ccccc1NC(=O)c1cc(C)cc(Br)c1. The van der Waals surface area contributed by atoms with Gasteiger partial charge in [0.25, 0.3) is 11.8 Å². The van der Waals surface area contributed by atoms with Crippen molar-refractivity contribution in [3.05, 3.63) is 63.6 Å². The molecule has 2 rings (SSSR count). The lowest BCUT2D eigenvalue weighted by atomic mass is 10.1. The molecule has 108 valence electrons. The summed E-state index contributed by atoms with van der Waals surface area (Å²) in [4.78, 5) is 24.1. The van der Waals surface area contributed by atoms with Crippen molar-refractivity contribution >= 4 is 33.4 Å². The van der Waals surface area contributed by atoms with Gasteiger partial charge in [-0.05, 0) is 42.8 Å². The second kappa shape index (κ2) is 6.54. The Kier molecular flexibility index (Phi) is 4.75. The summed E-state index contributed by atoms with van der Waals surface area (Å²) >= 11 is 3.37. The number of nitrogens with one attached hydrogen (secondary N) is 2. The Hall–Kier alpha value is -2.14. The number of rotatable bonds is 3. The molecule has 0 fully saturated rings. The van der Waals surface area contributed by atoms with E-state index < -0.39 is 0 Å². The molecule has 2 amide bonds. The second-order valence-corrected chi connectivity index (χ2v) is 5.51. The Morgan fingerprint density at radius 1 is 1.05 bits per heavy atom. The molecular formula is C16H15BrN2O2. The lowest BCUT2D eigenvalue weighted by Crippen LogP contribution is -2.21. The quantitative estimate of drug-likeness (QED) is 0.894. The number of hydrogen-bond donors (Lipinski definition) is 2. The van der Waals surface area contributed by atoms with Crippen molar-refractivity contribution < 1.29 is 9.59 Å². The average molecular weight is 347 g/mol. The molecule has 0 spiro atoms. The number of hydrogen-bond acceptors (Lipinski definition) is 2. The fourth-order valence-corrected chi connectivity index (χ4v) is 2.59. The van der Waals surface area contributed by atoms with E-state index in [0.29, 0.717) is 16.8 Å². The molecule has 0 aliphatic carbocycles. The van der Waals surface area contributed by atoms with Crippen molar-refractivity contribution in [1.82, 2.24) is 5.32 Å². The summed E-state index contributed by atoms with van der Waals surface area (Å²) in [5, 5.41) is 5.33. The Bertz CT molecular complexity index is 678. The first kappa shape index (κ1) is 15.3. The summed E-state index contributed by atoms with van der Waals surface area (Å²) < 4.78 is 0.840. The van der Waals surface area contributed by atoms with Gasteiger partial charge in [0, 0.05) is 17.1 Å². The van der Waals surface area contributed by atoms with Gasteiger partial charge in [-0.15, -0.1) is 0 Å².